The number of halogens is 2. The Labute approximate surface area is 232 Å². The third kappa shape index (κ3) is 5.54. The average Bonchev–Trinajstić information content (AvgIpc) is 3.53. The number of rotatable bonds is 7. The Morgan fingerprint density at radius 3 is 2.56 bits per heavy atom. The molecule has 3 aliphatic rings. The zero-order chi connectivity index (χ0) is 27.7. The third-order valence-electron chi connectivity index (χ3n) is 8.95. The normalized spacial score (nSPS) is 24.4. The Morgan fingerprint density at radius 1 is 1.18 bits per heavy atom. The fraction of sp³-hybridized carbons (Fsp3) is 0.571. The van der Waals surface area contributed by atoms with E-state index in [1.807, 2.05) is 4.90 Å². The molecule has 39 heavy (non-hydrogen) atoms. The van der Waals surface area contributed by atoms with Crippen LogP contribution in [0.15, 0.2) is 24.5 Å². The molecule has 9 nitrogen and oxygen atoms in total. The number of carbonyl (C=O) groups excluding carboxylic acids is 3. The molecule has 2 aromatic rings. The van der Waals surface area contributed by atoms with Crippen molar-refractivity contribution in [1.29, 1.82) is 0 Å². The molecule has 5 rings (SSSR count). The molecule has 1 aromatic carbocycles. The van der Waals surface area contributed by atoms with Gasteiger partial charge in [0.25, 0.3) is 11.8 Å². The molecule has 0 radical (unpaired) electrons. The van der Waals surface area contributed by atoms with Gasteiger partial charge in [-0.2, -0.15) is 0 Å². The summed E-state index contributed by atoms with van der Waals surface area (Å²) in [6.07, 6.45) is 6.91. The summed E-state index contributed by atoms with van der Waals surface area (Å²) in [7, 11) is 0. The van der Waals surface area contributed by atoms with E-state index in [0.717, 1.165) is 32.5 Å². The lowest BCUT2D eigenvalue weighted by atomic mass is 9.71. The topological polar surface area (TPSA) is 116 Å². The highest BCUT2D eigenvalue weighted by atomic mass is 35.5. The summed E-state index contributed by atoms with van der Waals surface area (Å²) in [6.45, 7) is 6.07. The number of nitrogens with zero attached hydrogens (tertiary/aromatic N) is 4. The number of H-pyrrole nitrogens is 1. The Morgan fingerprint density at radius 2 is 1.90 bits per heavy atom. The molecule has 2 saturated heterocycles. The molecule has 1 aromatic heterocycles. The molecular formula is C28H36ClFN6O3. The van der Waals surface area contributed by atoms with Crippen molar-refractivity contribution in [2.24, 2.45) is 17.1 Å². The lowest BCUT2D eigenvalue weighted by Gasteiger charge is -2.41. The number of anilines is 1. The highest BCUT2D eigenvalue weighted by Crippen LogP contribution is 2.48. The molecule has 1 aliphatic carbocycles. The van der Waals surface area contributed by atoms with E-state index in [0.29, 0.717) is 56.8 Å². The quantitative estimate of drug-likeness (QED) is 0.536. The minimum Gasteiger partial charge on any atom is -0.364 e. The standard InChI is InChI=1S/C28H36ClFN6O3/c1-18-6-11-34(12-7-18)14-15-35(26(38)24-23(25(31)37)32-17-33-24)20-4-8-28(9-5-20)10-13-36(27(28)39)22-3-2-19(30)16-21(22)29/h2-3,16-18,20H,4-15H2,1H3,(H2,31,37)(H,32,33). The van der Waals surface area contributed by atoms with Crippen molar-refractivity contribution >= 4 is 35.0 Å². The van der Waals surface area contributed by atoms with Crippen LogP contribution in [-0.2, 0) is 4.79 Å². The molecule has 11 heteroatoms. The number of nitrogens with one attached hydrogen (secondary N) is 1. The van der Waals surface area contributed by atoms with Crippen LogP contribution >= 0.6 is 11.6 Å². The Hall–Kier alpha value is -2.98. The lowest BCUT2D eigenvalue weighted by molar-refractivity contribution is -0.127. The van der Waals surface area contributed by atoms with Crippen molar-refractivity contribution in [2.45, 2.75) is 57.9 Å². The number of hydrogen-bond donors (Lipinski definition) is 2. The van der Waals surface area contributed by atoms with Crippen LogP contribution in [0.25, 0.3) is 0 Å². The van der Waals surface area contributed by atoms with E-state index in [4.69, 9.17) is 17.3 Å². The molecule has 0 bridgehead atoms. The first-order chi connectivity index (χ1) is 18.7. The Bertz CT molecular complexity index is 1240. The molecule has 210 valence electrons. The highest BCUT2D eigenvalue weighted by molar-refractivity contribution is 6.34. The van der Waals surface area contributed by atoms with Crippen molar-refractivity contribution in [3.63, 3.8) is 0 Å². The number of hydrogen-bond acceptors (Lipinski definition) is 5. The van der Waals surface area contributed by atoms with E-state index in [1.54, 1.807) is 11.0 Å². The molecule has 3 heterocycles. The maximum absolute atomic E-state index is 13.7. The van der Waals surface area contributed by atoms with Crippen LogP contribution in [0.5, 0.6) is 0 Å². The zero-order valence-corrected chi connectivity index (χ0v) is 23.1. The average molecular weight is 559 g/mol. The van der Waals surface area contributed by atoms with Gasteiger partial charge in [0, 0.05) is 25.7 Å². The molecule has 3 amide bonds. The third-order valence-corrected chi connectivity index (χ3v) is 9.25. The molecule has 0 unspecified atom stereocenters. The number of amides is 3. The van der Waals surface area contributed by atoms with E-state index in [9.17, 15) is 18.8 Å². The maximum Gasteiger partial charge on any atom is 0.273 e. The summed E-state index contributed by atoms with van der Waals surface area (Å²) in [5.41, 5.74) is 5.56. The number of likely N-dealkylation sites (tertiary alicyclic amines) is 1. The number of aromatic nitrogens is 2. The van der Waals surface area contributed by atoms with Gasteiger partial charge in [-0.05, 0) is 82.2 Å². The predicted octanol–water partition coefficient (Wildman–Crippen LogP) is 3.84. The van der Waals surface area contributed by atoms with Crippen molar-refractivity contribution in [3.8, 4) is 0 Å². The van der Waals surface area contributed by atoms with E-state index in [-0.39, 0.29) is 34.3 Å². The predicted molar refractivity (Wildman–Crippen MR) is 146 cm³/mol. The lowest BCUT2D eigenvalue weighted by Crippen LogP contribution is -2.49. The maximum atomic E-state index is 13.7. The Balaban J connectivity index is 1.30. The molecule has 2 aliphatic heterocycles. The fourth-order valence-electron chi connectivity index (χ4n) is 6.45. The minimum atomic E-state index is -0.747. The summed E-state index contributed by atoms with van der Waals surface area (Å²) >= 11 is 6.27. The van der Waals surface area contributed by atoms with Crippen LogP contribution in [0, 0.1) is 17.2 Å². The highest BCUT2D eigenvalue weighted by Gasteiger charge is 2.50. The van der Waals surface area contributed by atoms with E-state index < -0.39 is 17.1 Å². The summed E-state index contributed by atoms with van der Waals surface area (Å²) < 4.78 is 13.6. The first-order valence-electron chi connectivity index (χ1n) is 13.8. The number of aromatic amines is 1. The van der Waals surface area contributed by atoms with Gasteiger partial charge in [0.2, 0.25) is 5.91 Å². The number of primary amides is 1. The molecule has 1 saturated carbocycles. The van der Waals surface area contributed by atoms with Gasteiger partial charge in [-0.1, -0.05) is 18.5 Å². The summed E-state index contributed by atoms with van der Waals surface area (Å²) in [6, 6.07) is 4.03. The molecule has 0 atom stereocenters. The summed E-state index contributed by atoms with van der Waals surface area (Å²) in [5, 5.41) is 0.225. The Kier molecular flexibility index (Phi) is 7.96. The first-order valence-corrected chi connectivity index (χ1v) is 14.2. The number of imidazole rings is 1. The second kappa shape index (κ2) is 11.3. The van der Waals surface area contributed by atoms with E-state index >= 15 is 0 Å². The van der Waals surface area contributed by atoms with Crippen molar-refractivity contribution in [1.82, 2.24) is 19.8 Å². The number of nitrogens with two attached hydrogens (primary N) is 1. The van der Waals surface area contributed by atoms with Crippen LogP contribution in [-0.4, -0.2) is 76.3 Å². The van der Waals surface area contributed by atoms with Crippen molar-refractivity contribution in [2.75, 3.05) is 37.6 Å². The van der Waals surface area contributed by atoms with Gasteiger partial charge in [-0.25, -0.2) is 9.37 Å². The van der Waals surface area contributed by atoms with Crippen LogP contribution in [0.1, 0.15) is 72.8 Å². The number of piperidine rings is 1. The zero-order valence-electron chi connectivity index (χ0n) is 22.3. The second-order valence-corrected chi connectivity index (χ2v) is 11.7. The molecule has 3 fully saturated rings. The van der Waals surface area contributed by atoms with Gasteiger partial charge in [-0.15, -0.1) is 0 Å². The largest absolute Gasteiger partial charge is 0.364 e. The monoisotopic (exact) mass is 558 g/mol. The fourth-order valence-corrected chi connectivity index (χ4v) is 6.72. The van der Waals surface area contributed by atoms with Gasteiger partial charge in [0.05, 0.1) is 22.5 Å². The van der Waals surface area contributed by atoms with Gasteiger partial charge in [-0.3, -0.25) is 14.4 Å². The van der Waals surface area contributed by atoms with Crippen LogP contribution in [0.2, 0.25) is 5.02 Å². The van der Waals surface area contributed by atoms with Gasteiger partial charge in [0.1, 0.15) is 11.5 Å². The van der Waals surface area contributed by atoms with Crippen molar-refractivity contribution < 1.29 is 18.8 Å². The molecule has 1 spiro atoms. The van der Waals surface area contributed by atoms with Crippen LogP contribution in [0.4, 0.5) is 10.1 Å². The van der Waals surface area contributed by atoms with Crippen LogP contribution < -0.4 is 10.6 Å². The van der Waals surface area contributed by atoms with Gasteiger partial charge in [0.15, 0.2) is 5.69 Å². The van der Waals surface area contributed by atoms with Crippen LogP contribution in [0.3, 0.4) is 0 Å². The number of benzene rings is 1. The van der Waals surface area contributed by atoms with Crippen molar-refractivity contribution in [3.05, 3.63) is 46.8 Å². The van der Waals surface area contributed by atoms with E-state index in [2.05, 4.69) is 21.8 Å². The minimum absolute atomic E-state index is 0.0133. The van der Waals surface area contributed by atoms with Gasteiger partial charge < -0.3 is 25.4 Å². The number of carbonyl (C=O) groups is 3. The molecular weight excluding hydrogens is 523 g/mol. The van der Waals surface area contributed by atoms with Gasteiger partial charge >= 0.3 is 0 Å². The molecule has 3 N–H and O–H groups in total. The summed E-state index contributed by atoms with van der Waals surface area (Å²) in [5.74, 6) is -0.746. The first kappa shape index (κ1) is 27.6. The second-order valence-electron chi connectivity index (χ2n) is 11.3. The summed E-state index contributed by atoms with van der Waals surface area (Å²) in [4.78, 5) is 52.0. The van der Waals surface area contributed by atoms with E-state index in [1.165, 1.54) is 18.5 Å². The smallest absolute Gasteiger partial charge is 0.273 e. The SMILES string of the molecule is CC1CCN(CCN(C(=O)c2[nH]cnc2C(N)=O)C2CCC3(CC2)CCN(c2ccc(F)cc2Cl)C3=O)CC1.